The Kier molecular flexibility index (Phi) is 6.73. The van der Waals surface area contributed by atoms with Crippen molar-refractivity contribution in [3.63, 3.8) is 0 Å². The van der Waals surface area contributed by atoms with E-state index in [9.17, 15) is 0 Å². The lowest BCUT2D eigenvalue weighted by atomic mass is 10.2. The van der Waals surface area contributed by atoms with Crippen molar-refractivity contribution in [2.24, 2.45) is 5.73 Å². The highest BCUT2D eigenvalue weighted by molar-refractivity contribution is 7.12. The van der Waals surface area contributed by atoms with E-state index in [0.717, 1.165) is 26.2 Å². The van der Waals surface area contributed by atoms with Gasteiger partial charge in [-0.05, 0) is 32.1 Å². The Morgan fingerprint density at radius 1 is 1.35 bits per heavy atom. The second kappa shape index (κ2) is 7.82. The number of hydrogen-bond donors (Lipinski definition) is 2. The van der Waals surface area contributed by atoms with Crippen LogP contribution in [0.5, 0.6) is 0 Å². The summed E-state index contributed by atoms with van der Waals surface area (Å²) in [6, 6.07) is 4.65. The summed E-state index contributed by atoms with van der Waals surface area (Å²) in [5.41, 5.74) is 5.83. The van der Waals surface area contributed by atoms with Gasteiger partial charge in [-0.25, -0.2) is 0 Å². The van der Waals surface area contributed by atoms with E-state index in [2.05, 4.69) is 43.1 Å². The monoisotopic (exact) mass is 255 g/mol. The molecule has 0 aromatic carbocycles. The van der Waals surface area contributed by atoms with Gasteiger partial charge in [-0.2, -0.15) is 0 Å². The summed E-state index contributed by atoms with van der Waals surface area (Å²) in [6.45, 7) is 11.5. The van der Waals surface area contributed by atoms with Crippen molar-refractivity contribution in [2.45, 2.75) is 26.8 Å². The largest absolute Gasteiger partial charge is 0.329 e. The summed E-state index contributed by atoms with van der Waals surface area (Å²) in [7, 11) is 0. The van der Waals surface area contributed by atoms with Gasteiger partial charge in [0, 0.05) is 29.4 Å². The van der Waals surface area contributed by atoms with Crippen LogP contribution in [0, 0.1) is 6.92 Å². The van der Waals surface area contributed by atoms with Gasteiger partial charge >= 0.3 is 0 Å². The van der Waals surface area contributed by atoms with Crippen LogP contribution in [-0.4, -0.2) is 37.6 Å². The Morgan fingerprint density at radius 2 is 2.06 bits per heavy atom. The quantitative estimate of drug-likeness (QED) is 0.746. The zero-order valence-electron chi connectivity index (χ0n) is 11.2. The maximum atomic E-state index is 5.83. The molecule has 1 aromatic heterocycles. The van der Waals surface area contributed by atoms with Crippen LogP contribution in [0.4, 0.5) is 0 Å². The molecule has 0 aliphatic heterocycles. The molecule has 0 spiro atoms. The van der Waals surface area contributed by atoms with Crippen LogP contribution in [0.3, 0.4) is 0 Å². The highest BCUT2D eigenvalue weighted by atomic mass is 32.1. The Labute approximate surface area is 109 Å². The number of nitrogens with zero attached hydrogens (tertiary/aromatic N) is 1. The Bertz CT molecular complexity index is 307. The zero-order valence-corrected chi connectivity index (χ0v) is 12.0. The third kappa shape index (κ3) is 4.76. The van der Waals surface area contributed by atoms with Crippen molar-refractivity contribution < 1.29 is 0 Å². The lowest BCUT2D eigenvalue weighted by Gasteiger charge is -2.21. The Balaban J connectivity index is 2.38. The van der Waals surface area contributed by atoms with Gasteiger partial charge in [0.15, 0.2) is 0 Å². The van der Waals surface area contributed by atoms with E-state index in [1.54, 1.807) is 0 Å². The SMILES string of the molecule is CCN(CC)CCNC(CN)c1ccc(C)s1. The van der Waals surface area contributed by atoms with E-state index in [1.807, 2.05) is 11.3 Å². The summed E-state index contributed by atoms with van der Waals surface area (Å²) in [5.74, 6) is 0. The summed E-state index contributed by atoms with van der Waals surface area (Å²) in [6.07, 6.45) is 0. The molecular weight excluding hydrogens is 230 g/mol. The summed E-state index contributed by atoms with van der Waals surface area (Å²) < 4.78 is 0. The van der Waals surface area contributed by atoms with Gasteiger partial charge in [-0.1, -0.05) is 13.8 Å². The first kappa shape index (κ1) is 14.6. The fourth-order valence-electron chi connectivity index (χ4n) is 1.88. The van der Waals surface area contributed by atoms with Crippen LogP contribution >= 0.6 is 11.3 Å². The number of nitrogens with two attached hydrogens (primary N) is 1. The van der Waals surface area contributed by atoms with Crippen molar-refractivity contribution in [3.05, 3.63) is 21.9 Å². The molecule has 17 heavy (non-hydrogen) atoms. The van der Waals surface area contributed by atoms with E-state index in [0.29, 0.717) is 12.6 Å². The molecule has 0 radical (unpaired) electrons. The van der Waals surface area contributed by atoms with E-state index < -0.39 is 0 Å². The van der Waals surface area contributed by atoms with Crippen LogP contribution in [0.15, 0.2) is 12.1 Å². The minimum atomic E-state index is 0.310. The molecule has 0 aliphatic carbocycles. The minimum absolute atomic E-state index is 0.310. The topological polar surface area (TPSA) is 41.3 Å². The molecule has 3 N–H and O–H groups in total. The van der Waals surface area contributed by atoms with Gasteiger partial charge in [-0.3, -0.25) is 0 Å². The molecule has 0 bridgehead atoms. The van der Waals surface area contributed by atoms with Crippen molar-refractivity contribution in [3.8, 4) is 0 Å². The van der Waals surface area contributed by atoms with Gasteiger partial charge in [0.2, 0.25) is 0 Å². The first-order valence-corrected chi connectivity index (χ1v) is 7.25. The third-order valence-corrected chi connectivity index (χ3v) is 4.17. The summed E-state index contributed by atoms with van der Waals surface area (Å²) in [5, 5.41) is 3.54. The van der Waals surface area contributed by atoms with E-state index >= 15 is 0 Å². The first-order chi connectivity index (χ1) is 8.21. The molecule has 1 heterocycles. The number of hydrogen-bond acceptors (Lipinski definition) is 4. The predicted molar refractivity (Wildman–Crippen MR) is 76.6 cm³/mol. The number of nitrogens with one attached hydrogen (secondary N) is 1. The number of aryl methyl sites for hydroxylation is 1. The highest BCUT2D eigenvalue weighted by Crippen LogP contribution is 2.21. The lowest BCUT2D eigenvalue weighted by Crippen LogP contribution is -2.35. The van der Waals surface area contributed by atoms with Crippen LogP contribution in [0.1, 0.15) is 29.6 Å². The van der Waals surface area contributed by atoms with Crippen LogP contribution < -0.4 is 11.1 Å². The smallest absolute Gasteiger partial charge is 0.0539 e. The number of likely N-dealkylation sites (N-methyl/N-ethyl adjacent to an activating group) is 1. The van der Waals surface area contributed by atoms with Crippen LogP contribution in [0.25, 0.3) is 0 Å². The lowest BCUT2D eigenvalue weighted by molar-refractivity contribution is 0.297. The van der Waals surface area contributed by atoms with Crippen LogP contribution in [0.2, 0.25) is 0 Å². The van der Waals surface area contributed by atoms with E-state index in [1.165, 1.54) is 9.75 Å². The molecule has 3 nitrogen and oxygen atoms in total. The number of rotatable bonds is 8. The molecule has 0 aliphatic rings. The van der Waals surface area contributed by atoms with Crippen molar-refractivity contribution in [2.75, 3.05) is 32.7 Å². The van der Waals surface area contributed by atoms with Gasteiger partial charge < -0.3 is 16.0 Å². The molecule has 0 amide bonds. The first-order valence-electron chi connectivity index (χ1n) is 6.43. The van der Waals surface area contributed by atoms with Crippen molar-refractivity contribution in [1.82, 2.24) is 10.2 Å². The maximum Gasteiger partial charge on any atom is 0.0539 e. The molecular formula is C13H25N3S. The van der Waals surface area contributed by atoms with Gasteiger partial charge in [0.1, 0.15) is 0 Å². The molecule has 1 rings (SSSR count). The fourth-order valence-corrected chi connectivity index (χ4v) is 2.84. The molecule has 1 aromatic rings. The van der Waals surface area contributed by atoms with Crippen LogP contribution in [-0.2, 0) is 0 Å². The molecule has 1 atom stereocenters. The molecule has 98 valence electrons. The Hall–Kier alpha value is -0.420. The predicted octanol–water partition coefficient (Wildman–Crippen LogP) is 1.99. The van der Waals surface area contributed by atoms with Crippen molar-refractivity contribution >= 4 is 11.3 Å². The second-order valence-corrected chi connectivity index (χ2v) is 5.54. The summed E-state index contributed by atoms with van der Waals surface area (Å²) >= 11 is 1.83. The van der Waals surface area contributed by atoms with Gasteiger partial charge in [0.05, 0.1) is 6.04 Å². The molecule has 1 unspecified atom stereocenters. The highest BCUT2D eigenvalue weighted by Gasteiger charge is 2.10. The summed E-state index contributed by atoms with van der Waals surface area (Å²) in [4.78, 5) is 5.12. The molecule has 4 heteroatoms. The average molecular weight is 255 g/mol. The standard InChI is InChI=1S/C13H25N3S/c1-4-16(5-2)9-8-15-12(10-14)13-7-6-11(3)17-13/h6-7,12,15H,4-5,8-10,14H2,1-3H3. The van der Waals surface area contributed by atoms with Gasteiger partial charge in [0.25, 0.3) is 0 Å². The second-order valence-electron chi connectivity index (χ2n) is 4.22. The zero-order chi connectivity index (χ0) is 12.7. The molecule has 0 saturated heterocycles. The average Bonchev–Trinajstić information content (AvgIpc) is 2.76. The normalized spacial score (nSPS) is 13.2. The van der Waals surface area contributed by atoms with E-state index in [-0.39, 0.29) is 0 Å². The Morgan fingerprint density at radius 3 is 2.53 bits per heavy atom. The van der Waals surface area contributed by atoms with Gasteiger partial charge in [-0.15, -0.1) is 11.3 Å². The molecule has 0 saturated carbocycles. The third-order valence-electron chi connectivity index (χ3n) is 3.05. The minimum Gasteiger partial charge on any atom is -0.329 e. The fraction of sp³-hybridized carbons (Fsp3) is 0.692. The molecule has 0 fully saturated rings. The van der Waals surface area contributed by atoms with Crippen molar-refractivity contribution in [1.29, 1.82) is 0 Å². The van der Waals surface area contributed by atoms with E-state index in [4.69, 9.17) is 5.73 Å². The maximum absolute atomic E-state index is 5.83. The number of thiophene rings is 1.